The third kappa shape index (κ3) is 2.12. The summed E-state index contributed by atoms with van der Waals surface area (Å²) in [4.78, 5) is 13.9. The molecule has 100 valence electrons. The summed E-state index contributed by atoms with van der Waals surface area (Å²) in [5.74, 6) is -0.345. The molecule has 2 N–H and O–H groups in total. The highest BCUT2D eigenvalue weighted by Crippen LogP contribution is 2.29. The van der Waals surface area contributed by atoms with Gasteiger partial charge < -0.3 is 15.2 Å². The molecule has 1 aliphatic heterocycles. The Hall–Kier alpha value is -1.81. The predicted octanol–water partition coefficient (Wildman–Crippen LogP) is 2.01. The largest absolute Gasteiger partial charge is 0.366 e. The normalized spacial score (nSPS) is 17.9. The lowest BCUT2D eigenvalue weighted by Crippen LogP contribution is -2.31. The SMILES string of the molecule is CN1CCC(n2cc(C(N)=O)c3ccccc32)CC1. The first-order valence-corrected chi connectivity index (χ1v) is 6.74. The molecule has 2 aromatic rings. The quantitative estimate of drug-likeness (QED) is 0.894. The second-order valence-corrected chi connectivity index (χ2v) is 5.37. The van der Waals surface area contributed by atoms with Crippen LogP contribution in [0.2, 0.25) is 0 Å². The Morgan fingerprint density at radius 2 is 1.95 bits per heavy atom. The van der Waals surface area contributed by atoms with Crippen LogP contribution >= 0.6 is 0 Å². The first kappa shape index (κ1) is 12.2. The third-order valence-electron chi connectivity index (χ3n) is 4.09. The van der Waals surface area contributed by atoms with E-state index in [1.54, 1.807) is 0 Å². The van der Waals surface area contributed by atoms with Crippen LogP contribution < -0.4 is 5.73 Å². The maximum absolute atomic E-state index is 11.6. The van der Waals surface area contributed by atoms with Crippen LogP contribution in [0.5, 0.6) is 0 Å². The number of rotatable bonds is 2. The fourth-order valence-corrected chi connectivity index (χ4v) is 2.98. The van der Waals surface area contributed by atoms with Crippen molar-refractivity contribution < 1.29 is 4.79 Å². The Morgan fingerprint density at radius 3 is 2.63 bits per heavy atom. The molecule has 1 fully saturated rings. The monoisotopic (exact) mass is 257 g/mol. The number of carbonyl (C=O) groups is 1. The molecule has 0 radical (unpaired) electrons. The number of nitrogens with two attached hydrogens (primary N) is 1. The average molecular weight is 257 g/mol. The maximum atomic E-state index is 11.6. The van der Waals surface area contributed by atoms with E-state index < -0.39 is 0 Å². The molecule has 1 aromatic carbocycles. The summed E-state index contributed by atoms with van der Waals surface area (Å²) in [6.45, 7) is 2.20. The van der Waals surface area contributed by atoms with E-state index in [1.165, 1.54) is 0 Å². The number of primary amides is 1. The third-order valence-corrected chi connectivity index (χ3v) is 4.09. The molecule has 19 heavy (non-hydrogen) atoms. The van der Waals surface area contributed by atoms with Gasteiger partial charge in [0.25, 0.3) is 5.91 Å². The van der Waals surface area contributed by atoms with Gasteiger partial charge >= 0.3 is 0 Å². The van der Waals surface area contributed by atoms with Crippen LogP contribution in [0.1, 0.15) is 29.2 Å². The summed E-state index contributed by atoms with van der Waals surface area (Å²) >= 11 is 0. The number of hydrogen-bond donors (Lipinski definition) is 1. The van der Waals surface area contributed by atoms with E-state index in [2.05, 4.69) is 22.6 Å². The first-order valence-electron chi connectivity index (χ1n) is 6.74. The Labute approximate surface area is 112 Å². The lowest BCUT2D eigenvalue weighted by atomic mass is 10.1. The average Bonchev–Trinajstić information content (AvgIpc) is 2.79. The maximum Gasteiger partial charge on any atom is 0.250 e. The molecule has 4 nitrogen and oxygen atoms in total. The van der Waals surface area contributed by atoms with Gasteiger partial charge in [0.2, 0.25) is 0 Å². The predicted molar refractivity (Wildman–Crippen MR) is 76.2 cm³/mol. The standard InChI is InChI=1S/C15H19N3O/c1-17-8-6-11(7-9-17)18-10-13(15(16)19)12-4-2-3-5-14(12)18/h2-5,10-11H,6-9H2,1H3,(H2,16,19). The minimum absolute atomic E-state index is 0.345. The van der Waals surface area contributed by atoms with Gasteiger partial charge in [0.1, 0.15) is 0 Å². The molecule has 4 heteroatoms. The summed E-state index contributed by atoms with van der Waals surface area (Å²) in [5, 5.41) is 0.967. The Kier molecular flexibility index (Phi) is 3.03. The van der Waals surface area contributed by atoms with Crippen LogP contribution in [0.4, 0.5) is 0 Å². The molecule has 0 atom stereocenters. The summed E-state index contributed by atoms with van der Waals surface area (Å²) in [5.41, 5.74) is 7.23. The number of likely N-dealkylation sites (tertiary alicyclic amines) is 1. The van der Waals surface area contributed by atoms with Gasteiger partial charge in [-0.3, -0.25) is 4.79 Å². The van der Waals surface area contributed by atoms with E-state index in [9.17, 15) is 4.79 Å². The Bertz CT molecular complexity index is 609. The number of carbonyl (C=O) groups excluding carboxylic acids is 1. The summed E-state index contributed by atoms with van der Waals surface area (Å²) in [7, 11) is 2.15. The van der Waals surface area contributed by atoms with Crippen molar-refractivity contribution in [1.82, 2.24) is 9.47 Å². The molecule has 1 aliphatic rings. The van der Waals surface area contributed by atoms with Crippen molar-refractivity contribution in [2.24, 2.45) is 5.73 Å². The van der Waals surface area contributed by atoms with Crippen molar-refractivity contribution in [2.45, 2.75) is 18.9 Å². The van der Waals surface area contributed by atoms with Crippen molar-refractivity contribution >= 4 is 16.8 Å². The van der Waals surface area contributed by atoms with Crippen LogP contribution in [0.3, 0.4) is 0 Å². The van der Waals surface area contributed by atoms with Gasteiger partial charge in [-0.2, -0.15) is 0 Å². The van der Waals surface area contributed by atoms with Gasteiger partial charge in [0.05, 0.1) is 5.56 Å². The number of nitrogens with zero attached hydrogens (tertiary/aromatic N) is 2. The molecule has 3 rings (SSSR count). The highest BCUT2D eigenvalue weighted by Gasteiger charge is 2.21. The Balaban J connectivity index is 2.06. The highest BCUT2D eigenvalue weighted by atomic mass is 16.1. The van der Waals surface area contributed by atoms with Crippen LogP contribution in [0.25, 0.3) is 10.9 Å². The smallest absolute Gasteiger partial charge is 0.250 e. The number of amides is 1. The van der Waals surface area contributed by atoms with Crippen molar-refractivity contribution in [2.75, 3.05) is 20.1 Å². The van der Waals surface area contributed by atoms with Gasteiger partial charge in [0, 0.05) is 23.1 Å². The molecule has 2 heterocycles. The molecule has 1 aromatic heterocycles. The molecule has 0 unspecified atom stereocenters. The zero-order chi connectivity index (χ0) is 13.4. The fourth-order valence-electron chi connectivity index (χ4n) is 2.98. The molecule has 1 saturated heterocycles. The number of piperidine rings is 1. The van der Waals surface area contributed by atoms with E-state index in [1.807, 2.05) is 24.4 Å². The number of para-hydroxylation sites is 1. The van der Waals surface area contributed by atoms with Crippen molar-refractivity contribution in [3.05, 3.63) is 36.0 Å². The highest BCUT2D eigenvalue weighted by molar-refractivity contribution is 6.06. The lowest BCUT2D eigenvalue weighted by molar-refractivity contribution is 0.100. The van der Waals surface area contributed by atoms with Gasteiger partial charge in [-0.1, -0.05) is 18.2 Å². The van der Waals surface area contributed by atoms with E-state index in [-0.39, 0.29) is 5.91 Å². The van der Waals surface area contributed by atoms with Gasteiger partial charge in [0.15, 0.2) is 0 Å². The van der Waals surface area contributed by atoms with Crippen LogP contribution in [-0.2, 0) is 0 Å². The lowest BCUT2D eigenvalue weighted by Gasteiger charge is -2.30. The topological polar surface area (TPSA) is 51.3 Å². The Morgan fingerprint density at radius 1 is 1.26 bits per heavy atom. The number of aromatic nitrogens is 1. The minimum atomic E-state index is -0.345. The summed E-state index contributed by atoms with van der Waals surface area (Å²) in [6.07, 6.45) is 4.17. The zero-order valence-electron chi connectivity index (χ0n) is 11.2. The molecular formula is C15H19N3O. The first-order chi connectivity index (χ1) is 9.16. The van der Waals surface area contributed by atoms with E-state index >= 15 is 0 Å². The molecule has 1 amide bonds. The van der Waals surface area contributed by atoms with Crippen molar-refractivity contribution in [3.8, 4) is 0 Å². The molecular weight excluding hydrogens is 238 g/mol. The number of fused-ring (bicyclic) bond motifs is 1. The second kappa shape index (κ2) is 4.70. The summed E-state index contributed by atoms with van der Waals surface area (Å²) in [6, 6.07) is 8.47. The summed E-state index contributed by atoms with van der Waals surface area (Å²) < 4.78 is 2.24. The molecule has 0 spiro atoms. The van der Waals surface area contributed by atoms with E-state index in [0.29, 0.717) is 11.6 Å². The van der Waals surface area contributed by atoms with Gasteiger partial charge in [-0.25, -0.2) is 0 Å². The molecule has 0 aliphatic carbocycles. The number of benzene rings is 1. The van der Waals surface area contributed by atoms with Gasteiger partial charge in [-0.05, 0) is 39.0 Å². The van der Waals surface area contributed by atoms with E-state index in [0.717, 1.165) is 36.8 Å². The van der Waals surface area contributed by atoms with Crippen LogP contribution in [0.15, 0.2) is 30.5 Å². The van der Waals surface area contributed by atoms with Crippen molar-refractivity contribution in [1.29, 1.82) is 0 Å². The molecule has 0 saturated carbocycles. The fraction of sp³-hybridized carbons (Fsp3) is 0.400. The van der Waals surface area contributed by atoms with Crippen molar-refractivity contribution in [3.63, 3.8) is 0 Å². The second-order valence-electron chi connectivity index (χ2n) is 5.37. The van der Waals surface area contributed by atoms with E-state index in [4.69, 9.17) is 5.73 Å². The zero-order valence-corrected chi connectivity index (χ0v) is 11.2. The van der Waals surface area contributed by atoms with Crippen LogP contribution in [0, 0.1) is 0 Å². The number of hydrogen-bond acceptors (Lipinski definition) is 2. The van der Waals surface area contributed by atoms with Gasteiger partial charge in [-0.15, -0.1) is 0 Å². The minimum Gasteiger partial charge on any atom is -0.366 e. The van der Waals surface area contributed by atoms with Crippen LogP contribution in [-0.4, -0.2) is 35.5 Å². The molecule has 0 bridgehead atoms.